The minimum absolute atomic E-state index is 0.0291. The molecule has 2 aromatic heterocycles. The summed E-state index contributed by atoms with van der Waals surface area (Å²) in [5.74, 6) is 0.619. The number of nitrogens with zero attached hydrogens (tertiary/aromatic N) is 3. The van der Waals surface area contributed by atoms with E-state index >= 15 is 0 Å². The van der Waals surface area contributed by atoms with E-state index in [1.54, 1.807) is 6.20 Å². The van der Waals surface area contributed by atoms with Gasteiger partial charge in [-0.25, -0.2) is 9.67 Å². The zero-order valence-electron chi connectivity index (χ0n) is 13.1. The Labute approximate surface area is 124 Å². The van der Waals surface area contributed by atoms with Gasteiger partial charge in [-0.15, -0.1) is 0 Å². The van der Waals surface area contributed by atoms with Gasteiger partial charge in [0.25, 0.3) is 5.91 Å². The molecule has 0 spiro atoms. The molecule has 1 aliphatic rings. The predicted octanol–water partition coefficient (Wildman–Crippen LogP) is 2.85. The van der Waals surface area contributed by atoms with Crippen LogP contribution >= 0.6 is 0 Å². The Hall–Kier alpha value is -1.91. The molecule has 0 aliphatic heterocycles. The molecule has 1 atom stereocenters. The van der Waals surface area contributed by atoms with E-state index in [9.17, 15) is 4.79 Å². The zero-order valence-corrected chi connectivity index (χ0v) is 13.1. The highest BCUT2D eigenvalue weighted by molar-refractivity contribution is 5.98. The fourth-order valence-electron chi connectivity index (χ4n) is 2.67. The zero-order chi connectivity index (χ0) is 15.1. The summed E-state index contributed by atoms with van der Waals surface area (Å²) in [5, 5.41) is 8.36. The summed E-state index contributed by atoms with van der Waals surface area (Å²) in [4.78, 5) is 17.0. The number of nitrogens with one attached hydrogen (secondary N) is 1. The number of hydrogen-bond donors (Lipinski definition) is 1. The molecule has 2 heterocycles. The lowest BCUT2D eigenvalue weighted by atomic mass is 10.1. The number of hydrogen-bond acceptors (Lipinski definition) is 3. The molecule has 5 nitrogen and oxygen atoms in total. The van der Waals surface area contributed by atoms with Gasteiger partial charge >= 0.3 is 0 Å². The average Bonchev–Trinajstić information content (AvgIpc) is 3.18. The maximum Gasteiger partial charge on any atom is 0.253 e. The third-order valence-corrected chi connectivity index (χ3v) is 4.18. The number of aromatic nitrogens is 3. The fourth-order valence-corrected chi connectivity index (χ4v) is 2.67. The van der Waals surface area contributed by atoms with Crippen molar-refractivity contribution in [2.75, 3.05) is 0 Å². The van der Waals surface area contributed by atoms with Crippen LogP contribution in [0.15, 0.2) is 12.3 Å². The Morgan fingerprint density at radius 3 is 2.71 bits per heavy atom. The first kappa shape index (κ1) is 14.0. The summed E-state index contributed by atoms with van der Waals surface area (Å²) in [7, 11) is 0. The number of amides is 1. The summed E-state index contributed by atoms with van der Waals surface area (Å²) < 4.78 is 1.89. The summed E-state index contributed by atoms with van der Waals surface area (Å²) >= 11 is 0. The van der Waals surface area contributed by atoms with Gasteiger partial charge in [-0.1, -0.05) is 0 Å². The third kappa shape index (κ3) is 2.64. The van der Waals surface area contributed by atoms with Crippen LogP contribution in [0.4, 0.5) is 0 Å². The Bertz CT molecular complexity index is 685. The van der Waals surface area contributed by atoms with Gasteiger partial charge in [0.05, 0.1) is 17.5 Å². The van der Waals surface area contributed by atoms with E-state index < -0.39 is 0 Å². The highest BCUT2D eigenvalue weighted by Gasteiger charge is 2.29. The van der Waals surface area contributed by atoms with Crippen molar-refractivity contribution in [3.63, 3.8) is 0 Å². The molecule has 1 amide bonds. The second-order valence-corrected chi connectivity index (χ2v) is 6.32. The standard InChI is InChI=1S/C16H22N4O/c1-9(2)20-15-13(8-17-20)7-14(11(4)18-15)16(21)19-10(3)12-5-6-12/h7-10,12H,5-6H2,1-4H3,(H,19,21)/t10-/m1/s1. The Morgan fingerprint density at radius 2 is 2.10 bits per heavy atom. The molecule has 2 aromatic rings. The molecule has 21 heavy (non-hydrogen) atoms. The van der Waals surface area contributed by atoms with Crippen LogP contribution in [0.3, 0.4) is 0 Å². The quantitative estimate of drug-likeness (QED) is 0.940. The van der Waals surface area contributed by atoms with Crippen LogP contribution in [-0.4, -0.2) is 26.7 Å². The van der Waals surface area contributed by atoms with E-state index in [-0.39, 0.29) is 18.0 Å². The first-order valence-corrected chi connectivity index (χ1v) is 7.63. The van der Waals surface area contributed by atoms with Gasteiger partial charge in [-0.3, -0.25) is 4.79 Å². The molecule has 1 N–H and O–H groups in total. The lowest BCUT2D eigenvalue weighted by Crippen LogP contribution is -2.34. The average molecular weight is 286 g/mol. The molecular formula is C16H22N4O. The number of fused-ring (bicyclic) bond motifs is 1. The van der Waals surface area contributed by atoms with E-state index in [0.29, 0.717) is 11.5 Å². The SMILES string of the molecule is Cc1nc2c(cnn2C(C)C)cc1C(=O)N[C@H](C)C1CC1. The predicted molar refractivity (Wildman–Crippen MR) is 82.3 cm³/mol. The molecular weight excluding hydrogens is 264 g/mol. The summed E-state index contributed by atoms with van der Waals surface area (Å²) in [6, 6.07) is 2.40. The summed E-state index contributed by atoms with van der Waals surface area (Å²) in [5.41, 5.74) is 2.25. The molecule has 1 saturated carbocycles. The monoisotopic (exact) mass is 286 g/mol. The number of rotatable bonds is 4. The lowest BCUT2D eigenvalue weighted by molar-refractivity contribution is 0.0935. The fraction of sp³-hybridized carbons (Fsp3) is 0.562. The van der Waals surface area contributed by atoms with E-state index in [2.05, 4.69) is 36.2 Å². The van der Waals surface area contributed by atoms with Crippen LogP contribution in [-0.2, 0) is 0 Å². The highest BCUT2D eigenvalue weighted by atomic mass is 16.1. The molecule has 3 rings (SSSR count). The molecule has 1 fully saturated rings. The molecule has 0 bridgehead atoms. The Kier molecular flexibility index (Phi) is 3.43. The lowest BCUT2D eigenvalue weighted by Gasteiger charge is -2.14. The molecule has 0 saturated heterocycles. The van der Waals surface area contributed by atoms with Crippen molar-refractivity contribution < 1.29 is 4.79 Å². The normalized spacial score (nSPS) is 16.4. The van der Waals surface area contributed by atoms with Gasteiger partial charge in [0.1, 0.15) is 0 Å². The van der Waals surface area contributed by atoms with Gasteiger partial charge in [0, 0.05) is 17.5 Å². The summed E-state index contributed by atoms with van der Waals surface area (Å²) in [6.45, 7) is 8.10. The van der Waals surface area contributed by atoms with Gasteiger partial charge in [0.15, 0.2) is 5.65 Å². The van der Waals surface area contributed by atoms with Crippen LogP contribution in [0, 0.1) is 12.8 Å². The van der Waals surface area contributed by atoms with Gasteiger partial charge in [0.2, 0.25) is 0 Å². The maximum atomic E-state index is 12.4. The van der Waals surface area contributed by atoms with Crippen molar-refractivity contribution in [2.45, 2.75) is 52.6 Å². The van der Waals surface area contributed by atoms with Crippen molar-refractivity contribution >= 4 is 16.9 Å². The highest BCUT2D eigenvalue weighted by Crippen LogP contribution is 2.32. The van der Waals surface area contributed by atoms with Gasteiger partial charge < -0.3 is 5.32 Å². The van der Waals surface area contributed by atoms with Crippen LogP contribution in [0.2, 0.25) is 0 Å². The van der Waals surface area contributed by atoms with Crippen LogP contribution in [0.25, 0.3) is 11.0 Å². The summed E-state index contributed by atoms with van der Waals surface area (Å²) in [6.07, 6.45) is 4.22. The number of carbonyl (C=O) groups is 1. The van der Waals surface area contributed by atoms with E-state index in [4.69, 9.17) is 0 Å². The van der Waals surface area contributed by atoms with E-state index in [0.717, 1.165) is 16.7 Å². The largest absolute Gasteiger partial charge is 0.349 e. The van der Waals surface area contributed by atoms with Crippen LogP contribution in [0.5, 0.6) is 0 Å². The Morgan fingerprint density at radius 1 is 1.38 bits per heavy atom. The van der Waals surface area contributed by atoms with Crippen molar-refractivity contribution in [3.05, 3.63) is 23.5 Å². The number of aryl methyl sites for hydroxylation is 1. The first-order valence-electron chi connectivity index (χ1n) is 7.63. The topological polar surface area (TPSA) is 59.8 Å². The van der Waals surface area contributed by atoms with Crippen LogP contribution in [0.1, 0.15) is 55.7 Å². The third-order valence-electron chi connectivity index (χ3n) is 4.18. The van der Waals surface area contributed by atoms with Crippen molar-refractivity contribution in [2.24, 2.45) is 5.92 Å². The molecule has 0 radical (unpaired) electrons. The first-order chi connectivity index (χ1) is 9.97. The van der Waals surface area contributed by atoms with Crippen molar-refractivity contribution in [3.8, 4) is 0 Å². The molecule has 0 unspecified atom stereocenters. The van der Waals surface area contributed by atoms with E-state index in [1.165, 1.54) is 12.8 Å². The van der Waals surface area contributed by atoms with Crippen LogP contribution < -0.4 is 5.32 Å². The Balaban J connectivity index is 1.91. The molecule has 112 valence electrons. The molecule has 5 heteroatoms. The van der Waals surface area contributed by atoms with Crippen molar-refractivity contribution in [1.29, 1.82) is 0 Å². The minimum Gasteiger partial charge on any atom is -0.349 e. The molecule has 1 aliphatic carbocycles. The van der Waals surface area contributed by atoms with E-state index in [1.807, 2.05) is 17.7 Å². The second-order valence-electron chi connectivity index (χ2n) is 6.32. The maximum absolute atomic E-state index is 12.4. The second kappa shape index (κ2) is 5.13. The number of pyridine rings is 1. The van der Waals surface area contributed by atoms with Gasteiger partial charge in [-0.2, -0.15) is 5.10 Å². The van der Waals surface area contributed by atoms with Crippen molar-refractivity contribution in [1.82, 2.24) is 20.1 Å². The minimum atomic E-state index is -0.0291. The molecule has 0 aromatic carbocycles. The smallest absolute Gasteiger partial charge is 0.253 e. The van der Waals surface area contributed by atoms with Gasteiger partial charge in [-0.05, 0) is 52.5 Å². The number of carbonyl (C=O) groups excluding carboxylic acids is 1.